The van der Waals surface area contributed by atoms with Gasteiger partial charge in [0, 0.05) is 12.6 Å². The van der Waals surface area contributed by atoms with Crippen molar-refractivity contribution in [3.8, 4) is 5.75 Å². The molecule has 0 saturated heterocycles. The van der Waals surface area contributed by atoms with Crippen LogP contribution in [0.4, 0.5) is 0 Å². The van der Waals surface area contributed by atoms with E-state index in [4.69, 9.17) is 4.74 Å². The summed E-state index contributed by atoms with van der Waals surface area (Å²) in [6, 6.07) is 5.81. The molecule has 0 aliphatic carbocycles. The van der Waals surface area contributed by atoms with Crippen LogP contribution in [0.15, 0.2) is 36.8 Å². The molecule has 0 fully saturated rings. The molecule has 0 bridgehead atoms. The van der Waals surface area contributed by atoms with Gasteiger partial charge in [0.1, 0.15) is 18.1 Å². The van der Waals surface area contributed by atoms with Crippen LogP contribution in [-0.4, -0.2) is 44.6 Å². The number of benzene rings is 1. The van der Waals surface area contributed by atoms with Crippen LogP contribution in [0.2, 0.25) is 0 Å². The van der Waals surface area contributed by atoms with Gasteiger partial charge in [-0.05, 0) is 6.07 Å². The zero-order chi connectivity index (χ0) is 15.7. The topological polar surface area (TPSA) is 84.7 Å². The molecule has 1 atom stereocenters. The van der Waals surface area contributed by atoms with E-state index in [1.165, 1.54) is 17.4 Å². The highest BCUT2D eigenvalue weighted by molar-refractivity contribution is 5.95. The Morgan fingerprint density at radius 3 is 2.82 bits per heavy atom. The molecule has 1 unspecified atom stereocenters. The summed E-state index contributed by atoms with van der Waals surface area (Å²) in [5.41, 5.74) is 0.814. The number of rotatable bonds is 2. The highest BCUT2D eigenvalue weighted by atomic mass is 16.5. The Balaban J connectivity index is 2.05. The fraction of sp³-hybridized carbons (Fsp3) is 0.267. The second-order valence-electron chi connectivity index (χ2n) is 5.02. The van der Waals surface area contributed by atoms with Crippen LogP contribution < -0.4 is 4.74 Å². The molecule has 0 spiro atoms. The number of aliphatic carboxylic acids is 1. The van der Waals surface area contributed by atoms with Crippen LogP contribution in [0.5, 0.6) is 5.75 Å². The first kappa shape index (κ1) is 14.1. The van der Waals surface area contributed by atoms with Gasteiger partial charge in [-0.3, -0.25) is 4.79 Å². The normalized spacial score (nSPS) is 17.3. The van der Waals surface area contributed by atoms with Crippen molar-refractivity contribution in [1.82, 2.24) is 14.5 Å². The van der Waals surface area contributed by atoms with Gasteiger partial charge < -0.3 is 19.3 Å². The average molecular weight is 301 g/mol. The van der Waals surface area contributed by atoms with Gasteiger partial charge in [-0.1, -0.05) is 18.2 Å². The zero-order valence-electron chi connectivity index (χ0n) is 12.0. The third-order valence-electron chi connectivity index (χ3n) is 3.65. The Kier molecular flexibility index (Phi) is 3.54. The first-order valence-corrected chi connectivity index (χ1v) is 6.81. The standard InChI is InChI=1S/C15H15N3O4/c1-17-9-16-8-11(17)14(19)18-6-7-22-12-5-3-2-4-10(12)13(18)15(20)21/h2-5,8-9,13H,6-7H2,1H3,(H,20,21). The summed E-state index contributed by atoms with van der Waals surface area (Å²) in [6.07, 6.45) is 2.93. The molecule has 1 N–H and O–H groups in total. The van der Waals surface area contributed by atoms with Gasteiger partial charge in [-0.2, -0.15) is 0 Å². The molecule has 1 aliphatic rings. The lowest BCUT2D eigenvalue weighted by Gasteiger charge is -2.26. The van der Waals surface area contributed by atoms with Crippen LogP contribution >= 0.6 is 0 Å². The van der Waals surface area contributed by atoms with Crippen molar-refractivity contribution in [3.05, 3.63) is 48.0 Å². The van der Waals surface area contributed by atoms with Gasteiger partial charge in [0.2, 0.25) is 0 Å². The van der Waals surface area contributed by atoms with E-state index in [2.05, 4.69) is 4.98 Å². The second-order valence-corrected chi connectivity index (χ2v) is 5.02. The average Bonchev–Trinajstić information content (AvgIpc) is 2.82. The van der Waals surface area contributed by atoms with E-state index in [1.54, 1.807) is 35.9 Å². The number of para-hydroxylation sites is 1. The van der Waals surface area contributed by atoms with Crippen LogP contribution in [0.25, 0.3) is 0 Å². The lowest BCUT2D eigenvalue weighted by Crippen LogP contribution is -2.40. The molecule has 0 saturated carbocycles. The fourth-order valence-electron chi connectivity index (χ4n) is 2.58. The van der Waals surface area contributed by atoms with Crippen molar-refractivity contribution in [2.45, 2.75) is 6.04 Å². The van der Waals surface area contributed by atoms with E-state index < -0.39 is 12.0 Å². The van der Waals surface area contributed by atoms with Gasteiger partial charge >= 0.3 is 5.97 Å². The monoisotopic (exact) mass is 301 g/mol. The Labute approximate surface area is 126 Å². The van der Waals surface area contributed by atoms with Crippen molar-refractivity contribution < 1.29 is 19.4 Å². The maximum atomic E-state index is 12.7. The first-order valence-electron chi connectivity index (χ1n) is 6.81. The van der Waals surface area contributed by atoms with Crippen LogP contribution in [0.1, 0.15) is 22.1 Å². The lowest BCUT2D eigenvalue weighted by atomic mass is 10.0. The predicted octanol–water partition coefficient (Wildman–Crippen LogP) is 1.08. The lowest BCUT2D eigenvalue weighted by molar-refractivity contribution is -0.142. The number of imidazole rings is 1. The van der Waals surface area contributed by atoms with Crippen molar-refractivity contribution in [2.24, 2.45) is 7.05 Å². The summed E-state index contributed by atoms with van der Waals surface area (Å²) in [5.74, 6) is -0.976. The maximum Gasteiger partial charge on any atom is 0.331 e. The summed E-state index contributed by atoms with van der Waals surface area (Å²) in [7, 11) is 1.69. The van der Waals surface area contributed by atoms with E-state index >= 15 is 0 Å². The maximum absolute atomic E-state index is 12.7. The Morgan fingerprint density at radius 1 is 1.36 bits per heavy atom. The number of fused-ring (bicyclic) bond motifs is 1. The minimum absolute atomic E-state index is 0.190. The molecule has 2 aromatic rings. The van der Waals surface area contributed by atoms with Crippen molar-refractivity contribution in [2.75, 3.05) is 13.2 Å². The first-order chi connectivity index (χ1) is 10.6. The highest BCUT2D eigenvalue weighted by Crippen LogP contribution is 2.32. The molecule has 1 aromatic carbocycles. The fourth-order valence-corrected chi connectivity index (χ4v) is 2.58. The number of carboxylic acid groups (broad SMARTS) is 1. The molecular formula is C15H15N3O4. The van der Waals surface area contributed by atoms with Gasteiger partial charge in [-0.15, -0.1) is 0 Å². The molecule has 114 valence electrons. The number of carbonyl (C=O) groups excluding carboxylic acids is 1. The second kappa shape index (κ2) is 5.51. The SMILES string of the molecule is Cn1cncc1C(=O)N1CCOc2ccccc2C1C(=O)O. The predicted molar refractivity (Wildman–Crippen MR) is 76.6 cm³/mol. The molecule has 0 radical (unpaired) electrons. The van der Waals surface area contributed by atoms with E-state index in [1.807, 2.05) is 0 Å². The third-order valence-corrected chi connectivity index (χ3v) is 3.65. The van der Waals surface area contributed by atoms with Crippen LogP contribution in [0.3, 0.4) is 0 Å². The Bertz CT molecular complexity index is 725. The number of aryl methyl sites for hydroxylation is 1. The van der Waals surface area contributed by atoms with Crippen molar-refractivity contribution in [3.63, 3.8) is 0 Å². The molecule has 3 rings (SSSR count). The van der Waals surface area contributed by atoms with E-state index in [9.17, 15) is 14.7 Å². The summed E-state index contributed by atoms with van der Waals surface area (Å²) in [6.45, 7) is 0.431. The molecule has 2 heterocycles. The molecule has 7 nitrogen and oxygen atoms in total. The summed E-state index contributed by atoms with van der Waals surface area (Å²) >= 11 is 0. The smallest absolute Gasteiger partial charge is 0.331 e. The quantitative estimate of drug-likeness (QED) is 0.897. The van der Waals surface area contributed by atoms with Gasteiger partial charge in [0.25, 0.3) is 5.91 Å². The summed E-state index contributed by atoms with van der Waals surface area (Å²) < 4.78 is 7.15. The minimum Gasteiger partial charge on any atom is -0.491 e. The molecule has 22 heavy (non-hydrogen) atoms. The van der Waals surface area contributed by atoms with Gasteiger partial charge in [0.05, 0.1) is 19.1 Å². The van der Waals surface area contributed by atoms with Gasteiger partial charge in [0.15, 0.2) is 6.04 Å². The third kappa shape index (κ3) is 2.30. The number of hydrogen-bond acceptors (Lipinski definition) is 4. The van der Waals surface area contributed by atoms with E-state index in [0.29, 0.717) is 17.0 Å². The van der Waals surface area contributed by atoms with Crippen molar-refractivity contribution >= 4 is 11.9 Å². The molecule has 7 heteroatoms. The zero-order valence-corrected chi connectivity index (χ0v) is 12.0. The van der Waals surface area contributed by atoms with E-state index in [-0.39, 0.29) is 19.1 Å². The number of nitrogens with zero attached hydrogens (tertiary/aromatic N) is 3. The summed E-state index contributed by atoms with van der Waals surface area (Å²) in [5, 5.41) is 9.62. The molecule has 1 amide bonds. The molecule has 1 aliphatic heterocycles. The number of ether oxygens (including phenoxy) is 1. The highest BCUT2D eigenvalue weighted by Gasteiger charge is 2.36. The molecule has 1 aromatic heterocycles. The van der Waals surface area contributed by atoms with Crippen LogP contribution in [-0.2, 0) is 11.8 Å². The number of aromatic nitrogens is 2. The number of hydrogen-bond donors (Lipinski definition) is 1. The largest absolute Gasteiger partial charge is 0.491 e. The summed E-state index contributed by atoms with van der Waals surface area (Å²) in [4.78, 5) is 29.7. The Hall–Kier alpha value is -2.83. The Morgan fingerprint density at radius 2 is 2.14 bits per heavy atom. The number of carbonyl (C=O) groups is 2. The van der Waals surface area contributed by atoms with E-state index in [0.717, 1.165) is 0 Å². The van der Waals surface area contributed by atoms with Crippen LogP contribution in [0, 0.1) is 0 Å². The number of amides is 1. The molecular weight excluding hydrogens is 286 g/mol. The number of carboxylic acids is 1. The van der Waals surface area contributed by atoms with Crippen molar-refractivity contribution in [1.29, 1.82) is 0 Å². The minimum atomic E-state index is -1.09. The van der Waals surface area contributed by atoms with Gasteiger partial charge in [-0.25, -0.2) is 9.78 Å².